The summed E-state index contributed by atoms with van der Waals surface area (Å²) in [5.41, 5.74) is 1.89. The Morgan fingerprint density at radius 2 is 1.76 bits per heavy atom. The molecule has 4 rings (SSSR count). The molecule has 2 aromatic carbocycles. The summed E-state index contributed by atoms with van der Waals surface area (Å²) in [5, 5.41) is 3.41. The molecule has 1 N–H and O–H groups in total. The minimum Gasteiger partial charge on any atom is -0.460 e. The summed E-state index contributed by atoms with van der Waals surface area (Å²) < 4.78 is 32.1. The molecule has 1 aliphatic rings. The minimum atomic E-state index is -0.798. The summed E-state index contributed by atoms with van der Waals surface area (Å²) in [7, 11) is 0. The number of hydrogen-bond donors (Lipinski definition) is 1. The van der Waals surface area contributed by atoms with Crippen LogP contribution in [0.15, 0.2) is 65.1 Å². The highest BCUT2D eigenvalue weighted by Gasteiger charge is 2.38. The Balaban J connectivity index is 0.00000182. The Labute approximate surface area is 151 Å². The van der Waals surface area contributed by atoms with Crippen LogP contribution in [0.4, 0.5) is 8.78 Å². The molecule has 5 heteroatoms. The lowest BCUT2D eigenvalue weighted by molar-refractivity contribution is 0.490. The second-order valence-corrected chi connectivity index (χ2v) is 6.14. The Hall–Kier alpha value is -2.17. The zero-order valence-corrected chi connectivity index (χ0v) is 14.2. The van der Waals surface area contributed by atoms with Crippen LogP contribution in [0.1, 0.15) is 23.7 Å². The summed E-state index contributed by atoms with van der Waals surface area (Å²) in [5.74, 6) is 0.374. The van der Waals surface area contributed by atoms with Gasteiger partial charge in [-0.05, 0) is 36.2 Å². The zero-order chi connectivity index (χ0) is 16.5. The number of halogens is 3. The second-order valence-electron chi connectivity index (χ2n) is 6.14. The van der Waals surface area contributed by atoms with E-state index < -0.39 is 11.6 Å². The predicted octanol–water partition coefficient (Wildman–Crippen LogP) is 5.29. The van der Waals surface area contributed by atoms with Gasteiger partial charge in [-0.3, -0.25) is 0 Å². The number of hydrogen-bond acceptors (Lipinski definition) is 2. The standard InChI is InChI=1S/C20H17F2NO.ClH/c21-17-8-6-14(10-18(17)22)16-11-19(16)23-12-15-7-9-20(24-15)13-4-2-1-3-5-13;/h1-10,16,19,23H,11-12H2;1H/t16-,19+;/m0./s1. The van der Waals surface area contributed by atoms with E-state index in [1.807, 2.05) is 42.5 Å². The first-order valence-corrected chi connectivity index (χ1v) is 8.03. The van der Waals surface area contributed by atoms with E-state index in [-0.39, 0.29) is 24.4 Å². The van der Waals surface area contributed by atoms with Crippen LogP contribution in [0.25, 0.3) is 11.3 Å². The van der Waals surface area contributed by atoms with Crippen LogP contribution in [0.5, 0.6) is 0 Å². The first kappa shape index (κ1) is 17.6. The minimum absolute atomic E-state index is 0. The molecule has 0 unspecified atom stereocenters. The lowest BCUT2D eigenvalue weighted by atomic mass is 10.1. The lowest BCUT2D eigenvalue weighted by Gasteiger charge is -2.03. The van der Waals surface area contributed by atoms with Gasteiger partial charge >= 0.3 is 0 Å². The van der Waals surface area contributed by atoms with Gasteiger partial charge in [-0.15, -0.1) is 12.4 Å². The maximum Gasteiger partial charge on any atom is 0.159 e. The van der Waals surface area contributed by atoms with Gasteiger partial charge in [0.15, 0.2) is 11.6 Å². The molecule has 1 fully saturated rings. The normalized spacial score (nSPS) is 18.6. The molecule has 0 aliphatic heterocycles. The number of furan rings is 1. The van der Waals surface area contributed by atoms with Crippen LogP contribution in [0, 0.1) is 11.6 Å². The third-order valence-electron chi connectivity index (χ3n) is 4.42. The number of benzene rings is 2. The monoisotopic (exact) mass is 361 g/mol. The summed E-state index contributed by atoms with van der Waals surface area (Å²) in [6, 6.07) is 18.3. The Morgan fingerprint density at radius 3 is 2.52 bits per heavy atom. The molecule has 25 heavy (non-hydrogen) atoms. The summed E-state index contributed by atoms with van der Waals surface area (Å²) in [6.45, 7) is 0.623. The van der Waals surface area contributed by atoms with Gasteiger partial charge in [0.25, 0.3) is 0 Å². The van der Waals surface area contributed by atoms with Crippen molar-refractivity contribution in [2.75, 3.05) is 0 Å². The molecule has 1 heterocycles. The zero-order valence-electron chi connectivity index (χ0n) is 13.4. The summed E-state index contributed by atoms with van der Waals surface area (Å²) in [4.78, 5) is 0. The van der Waals surface area contributed by atoms with Crippen molar-refractivity contribution >= 4 is 12.4 Å². The van der Waals surface area contributed by atoms with Crippen LogP contribution < -0.4 is 5.32 Å². The van der Waals surface area contributed by atoms with Gasteiger partial charge in [0.2, 0.25) is 0 Å². The highest BCUT2D eigenvalue weighted by Crippen LogP contribution is 2.41. The van der Waals surface area contributed by atoms with Gasteiger partial charge in [-0.25, -0.2) is 8.78 Å². The molecule has 0 radical (unpaired) electrons. The molecule has 0 amide bonds. The van der Waals surface area contributed by atoms with Gasteiger partial charge in [0, 0.05) is 17.5 Å². The Morgan fingerprint density at radius 1 is 0.960 bits per heavy atom. The van der Waals surface area contributed by atoms with Crippen molar-refractivity contribution in [1.29, 1.82) is 0 Å². The molecule has 0 saturated heterocycles. The molecule has 2 atom stereocenters. The quantitative estimate of drug-likeness (QED) is 0.667. The lowest BCUT2D eigenvalue weighted by Crippen LogP contribution is -2.16. The van der Waals surface area contributed by atoms with Gasteiger partial charge in [-0.1, -0.05) is 36.4 Å². The van der Waals surface area contributed by atoms with E-state index in [1.165, 1.54) is 12.1 Å². The highest BCUT2D eigenvalue weighted by atomic mass is 35.5. The summed E-state index contributed by atoms with van der Waals surface area (Å²) in [6.07, 6.45) is 0.928. The molecule has 1 aliphatic carbocycles. The van der Waals surface area contributed by atoms with Crippen molar-refractivity contribution in [3.63, 3.8) is 0 Å². The number of nitrogens with one attached hydrogen (secondary N) is 1. The molecule has 130 valence electrons. The van der Waals surface area contributed by atoms with E-state index in [2.05, 4.69) is 5.32 Å². The van der Waals surface area contributed by atoms with Gasteiger partial charge in [-0.2, -0.15) is 0 Å². The van der Waals surface area contributed by atoms with Crippen LogP contribution in [-0.2, 0) is 6.54 Å². The highest BCUT2D eigenvalue weighted by molar-refractivity contribution is 5.85. The smallest absolute Gasteiger partial charge is 0.159 e. The molecular formula is C20H18ClF2NO. The van der Waals surface area contributed by atoms with E-state index >= 15 is 0 Å². The molecular weight excluding hydrogens is 344 g/mol. The van der Waals surface area contributed by atoms with Crippen molar-refractivity contribution in [2.45, 2.75) is 24.9 Å². The van der Waals surface area contributed by atoms with Crippen LogP contribution in [0.2, 0.25) is 0 Å². The largest absolute Gasteiger partial charge is 0.460 e. The van der Waals surface area contributed by atoms with Crippen molar-refractivity contribution in [3.8, 4) is 11.3 Å². The van der Waals surface area contributed by atoms with E-state index in [1.54, 1.807) is 6.07 Å². The van der Waals surface area contributed by atoms with Gasteiger partial charge in [0.1, 0.15) is 11.5 Å². The van der Waals surface area contributed by atoms with E-state index in [4.69, 9.17) is 4.42 Å². The second kappa shape index (κ2) is 7.38. The third-order valence-corrected chi connectivity index (χ3v) is 4.42. The Bertz CT molecular complexity index is 850. The molecule has 3 aromatic rings. The fourth-order valence-electron chi connectivity index (χ4n) is 2.99. The van der Waals surface area contributed by atoms with Crippen molar-refractivity contribution in [1.82, 2.24) is 5.32 Å². The first-order chi connectivity index (χ1) is 11.7. The van der Waals surface area contributed by atoms with Gasteiger partial charge < -0.3 is 9.73 Å². The topological polar surface area (TPSA) is 25.2 Å². The van der Waals surface area contributed by atoms with Crippen LogP contribution in [0.3, 0.4) is 0 Å². The predicted molar refractivity (Wildman–Crippen MR) is 95.7 cm³/mol. The fourth-order valence-corrected chi connectivity index (χ4v) is 2.99. The summed E-state index contributed by atoms with van der Waals surface area (Å²) >= 11 is 0. The number of rotatable bonds is 5. The third kappa shape index (κ3) is 3.91. The molecule has 0 bridgehead atoms. The van der Waals surface area contributed by atoms with E-state index in [0.717, 1.165) is 29.1 Å². The van der Waals surface area contributed by atoms with Crippen molar-refractivity contribution < 1.29 is 13.2 Å². The van der Waals surface area contributed by atoms with Crippen molar-refractivity contribution in [2.24, 2.45) is 0 Å². The maximum atomic E-state index is 13.3. The maximum absolute atomic E-state index is 13.3. The van der Waals surface area contributed by atoms with Crippen LogP contribution >= 0.6 is 12.4 Å². The Kier molecular flexibility index (Phi) is 5.21. The molecule has 1 saturated carbocycles. The average Bonchev–Trinajstić information content (AvgIpc) is 3.23. The molecule has 0 spiro atoms. The van der Waals surface area contributed by atoms with Gasteiger partial charge in [0.05, 0.1) is 6.54 Å². The first-order valence-electron chi connectivity index (χ1n) is 8.03. The SMILES string of the molecule is Cl.Fc1ccc([C@@H]2C[C@H]2NCc2ccc(-c3ccccc3)o2)cc1F. The van der Waals surface area contributed by atoms with E-state index in [9.17, 15) is 8.78 Å². The fraction of sp³-hybridized carbons (Fsp3) is 0.200. The van der Waals surface area contributed by atoms with Crippen molar-refractivity contribution in [3.05, 3.63) is 83.6 Å². The van der Waals surface area contributed by atoms with E-state index in [0.29, 0.717) is 6.54 Å². The molecule has 1 aromatic heterocycles. The van der Waals surface area contributed by atoms with Crippen LogP contribution in [-0.4, -0.2) is 6.04 Å². The molecule has 2 nitrogen and oxygen atoms in total. The average molecular weight is 362 g/mol.